The molecule has 0 saturated carbocycles. The van der Waals surface area contributed by atoms with Crippen molar-refractivity contribution >= 4 is 34.8 Å². The summed E-state index contributed by atoms with van der Waals surface area (Å²) in [5, 5.41) is 13.2. The Balaban J connectivity index is 2.19. The van der Waals surface area contributed by atoms with Gasteiger partial charge in [-0.25, -0.2) is 0 Å². The van der Waals surface area contributed by atoms with Crippen molar-refractivity contribution in [2.45, 2.75) is 13.5 Å². The number of nitrogens with zero attached hydrogens (tertiary/aromatic N) is 1. The molecule has 1 aromatic rings. The van der Waals surface area contributed by atoms with Gasteiger partial charge in [-0.2, -0.15) is 0 Å². The lowest BCUT2D eigenvalue weighted by molar-refractivity contribution is -0.116. The van der Waals surface area contributed by atoms with Crippen LogP contribution in [0, 0.1) is 0 Å². The van der Waals surface area contributed by atoms with Crippen molar-refractivity contribution in [3.63, 3.8) is 0 Å². The van der Waals surface area contributed by atoms with E-state index in [1.54, 1.807) is 25.1 Å². The largest absolute Gasteiger partial charge is 0.510 e. The third-order valence-electron chi connectivity index (χ3n) is 2.80. The number of hydrogen-bond acceptors (Lipinski definition) is 3. The molecule has 6 heteroatoms. The molecular weight excluding hydrogens is 287 g/mol. The Bertz CT molecular complexity index is 594. The monoisotopic (exact) mass is 298 g/mol. The van der Waals surface area contributed by atoms with E-state index in [-0.39, 0.29) is 23.8 Å². The lowest BCUT2D eigenvalue weighted by Crippen LogP contribution is -2.20. The number of carbonyl (C=O) groups excluding carboxylic acids is 1. The minimum Gasteiger partial charge on any atom is -0.510 e. The van der Waals surface area contributed by atoms with E-state index >= 15 is 0 Å². The van der Waals surface area contributed by atoms with Gasteiger partial charge in [-0.05, 0) is 24.6 Å². The van der Waals surface area contributed by atoms with Gasteiger partial charge in [0.25, 0.3) is 5.91 Å². The third-order valence-corrected chi connectivity index (χ3v) is 3.38. The van der Waals surface area contributed by atoms with Gasteiger partial charge >= 0.3 is 0 Å². The first kappa shape index (κ1) is 13.9. The van der Waals surface area contributed by atoms with Crippen LogP contribution in [0.4, 0.5) is 0 Å². The number of aliphatic hydroxyl groups is 1. The second-order valence-electron chi connectivity index (χ2n) is 4.14. The molecular formula is C13H12Cl2N2O2. The van der Waals surface area contributed by atoms with Crippen molar-refractivity contribution in [1.82, 2.24) is 5.32 Å². The molecule has 0 radical (unpaired) electrons. The molecule has 0 atom stereocenters. The Kier molecular flexibility index (Phi) is 4.12. The summed E-state index contributed by atoms with van der Waals surface area (Å²) in [6.45, 7) is 2.16. The maximum Gasteiger partial charge on any atom is 0.256 e. The molecule has 4 nitrogen and oxygen atoms in total. The van der Waals surface area contributed by atoms with Gasteiger partial charge in [0.1, 0.15) is 5.76 Å². The predicted octanol–water partition coefficient (Wildman–Crippen LogP) is 2.90. The van der Waals surface area contributed by atoms with E-state index in [1.807, 2.05) is 0 Å². The molecule has 1 heterocycles. The fourth-order valence-electron chi connectivity index (χ4n) is 1.78. The number of aliphatic hydroxyl groups excluding tert-OH is 1. The van der Waals surface area contributed by atoms with E-state index in [9.17, 15) is 9.90 Å². The van der Waals surface area contributed by atoms with Crippen LogP contribution in [0.15, 0.2) is 34.5 Å². The second-order valence-corrected chi connectivity index (χ2v) is 4.99. The maximum absolute atomic E-state index is 11.5. The molecule has 0 fully saturated rings. The van der Waals surface area contributed by atoms with Gasteiger partial charge in [-0.15, -0.1) is 0 Å². The van der Waals surface area contributed by atoms with Crippen molar-refractivity contribution in [3.8, 4) is 0 Å². The molecule has 2 N–H and O–H groups in total. The smallest absolute Gasteiger partial charge is 0.256 e. The van der Waals surface area contributed by atoms with Crippen LogP contribution >= 0.6 is 23.2 Å². The summed E-state index contributed by atoms with van der Waals surface area (Å²) in [6, 6.07) is 5.15. The molecule has 0 spiro atoms. The molecule has 1 amide bonds. The standard InChI is InChI=1S/C13H12Cl2N2O2/c1-7(12-11(18)6-17-13(12)19)16-5-8-2-3-9(14)4-10(8)15/h2-4,18H,5-6H2,1H3,(H,17,19). The zero-order valence-electron chi connectivity index (χ0n) is 10.2. The lowest BCUT2D eigenvalue weighted by atomic mass is 10.1. The number of carbonyl (C=O) groups is 1. The van der Waals surface area contributed by atoms with Gasteiger partial charge < -0.3 is 10.4 Å². The van der Waals surface area contributed by atoms with E-state index in [0.717, 1.165) is 5.56 Å². The first-order valence-corrected chi connectivity index (χ1v) is 6.40. The summed E-state index contributed by atoms with van der Waals surface area (Å²) in [6.07, 6.45) is 0. The van der Waals surface area contributed by atoms with Crippen LogP contribution in [0.1, 0.15) is 12.5 Å². The number of hydrogen-bond donors (Lipinski definition) is 2. The Hall–Kier alpha value is -1.52. The Morgan fingerprint density at radius 1 is 1.47 bits per heavy atom. The highest BCUT2D eigenvalue weighted by atomic mass is 35.5. The molecule has 0 bridgehead atoms. The quantitative estimate of drug-likeness (QED) is 0.843. The summed E-state index contributed by atoms with van der Waals surface area (Å²) < 4.78 is 0. The fourth-order valence-corrected chi connectivity index (χ4v) is 2.25. The predicted molar refractivity (Wildman–Crippen MR) is 75.9 cm³/mol. The number of amides is 1. The van der Waals surface area contributed by atoms with Crippen molar-refractivity contribution in [1.29, 1.82) is 0 Å². The fraction of sp³-hybridized carbons (Fsp3) is 0.231. The molecule has 1 aliphatic rings. The first-order valence-electron chi connectivity index (χ1n) is 5.64. The highest BCUT2D eigenvalue weighted by Gasteiger charge is 2.24. The Morgan fingerprint density at radius 3 is 2.79 bits per heavy atom. The molecule has 19 heavy (non-hydrogen) atoms. The van der Waals surface area contributed by atoms with Crippen molar-refractivity contribution in [3.05, 3.63) is 45.1 Å². The van der Waals surface area contributed by atoms with E-state index in [4.69, 9.17) is 23.2 Å². The van der Waals surface area contributed by atoms with Crippen LogP contribution in [0.25, 0.3) is 0 Å². The summed E-state index contributed by atoms with van der Waals surface area (Å²) in [7, 11) is 0. The topological polar surface area (TPSA) is 61.7 Å². The second kappa shape index (κ2) is 5.63. The average Bonchev–Trinajstić information content (AvgIpc) is 2.68. The molecule has 0 saturated heterocycles. The van der Waals surface area contributed by atoms with Crippen LogP contribution < -0.4 is 5.32 Å². The van der Waals surface area contributed by atoms with Crippen molar-refractivity contribution < 1.29 is 9.90 Å². The lowest BCUT2D eigenvalue weighted by Gasteiger charge is -2.04. The summed E-state index contributed by atoms with van der Waals surface area (Å²) in [5.74, 6) is -0.283. The van der Waals surface area contributed by atoms with Gasteiger partial charge in [-0.3, -0.25) is 9.79 Å². The highest BCUT2D eigenvalue weighted by Crippen LogP contribution is 2.22. The molecule has 100 valence electrons. The highest BCUT2D eigenvalue weighted by molar-refractivity contribution is 6.35. The first-order chi connectivity index (χ1) is 8.99. The van der Waals surface area contributed by atoms with Crippen LogP contribution in [0.2, 0.25) is 10.0 Å². The van der Waals surface area contributed by atoms with Gasteiger partial charge in [0, 0.05) is 15.8 Å². The molecule has 0 aliphatic carbocycles. The van der Waals surface area contributed by atoms with Gasteiger partial charge in [-0.1, -0.05) is 29.3 Å². The van der Waals surface area contributed by atoms with E-state index < -0.39 is 0 Å². The number of rotatable bonds is 3. The van der Waals surface area contributed by atoms with Crippen molar-refractivity contribution in [2.75, 3.05) is 6.54 Å². The van der Waals surface area contributed by atoms with Crippen LogP contribution in [0.3, 0.4) is 0 Å². The molecule has 1 aliphatic heterocycles. The molecule has 2 rings (SSSR count). The number of nitrogens with one attached hydrogen (secondary N) is 1. The van der Waals surface area contributed by atoms with Crippen LogP contribution in [0.5, 0.6) is 0 Å². The maximum atomic E-state index is 11.5. The van der Waals surface area contributed by atoms with E-state index in [0.29, 0.717) is 22.3 Å². The van der Waals surface area contributed by atoms with Gasteiger partial charge in [0.15, 0.2) is 0 Å². The van der Waals surface area contributed by atoms with E-state index in [1.165, 1.54) is 0 Å². The summed E-state index contributed by atoms with van der Waals surface area (Å²) >= 11 is 11.8. The van der Waals surface area contributed by atoms with Gasteiger partial charge in [0.2, 0.25) is 0 Å². The molecule has 0 unspecified atom stereocenters. The zero-order valence-corrected chi connectivity index (χ0v) is 11.7. The SMILES string of the molecule is CC(=NCc1ccc(Cl)cc1Cl)C1=C(O)CNC1=O. The minimum atomic E-state index is -0.305. The number of halogens is 2. The minimum absolute atomic E-state index is 0.0217. The van der Waals surface area contributed by atoms with Crippen molar-refractivity contribution in [2.24, 2.45) is 4.99 Å². The average molecular weight is 299 g/mol. The molecule has 0 aromatic heterocycles. The van der Waals surface area contributed by atoms with Gasteiger partial charge in [0.05, 0.1) is 18.7 Å². The number of aliphatic imine (C=N–C) groups is 1. The van der Waals surface area contributed by atoms with E-state index in [2.05, 4.69) is 10.3 Å². The normalized spacial score (nSPS) is 15.9. The Labute approximate surface area is 120 Å². The molecule has 1 aromatic carbocycles. The number of benzene rings is 1. The van der Waals surface area contributed by atoms with Crippen LogP contribution in [-0.4, -0.2) is 23.3 Å². The Morgan fingerprint density at radius 2 is 2.21 bits per heavy atom. The summed E-state index contributed by atoms with van der Waals surface area (Å²) in [4.78, 5) is 15.8. The summed E-state index contributed by atoms with van der Waals surface area (Å²) in [5.41, 5.74) is 1.53. The zero-order chi connectivity index (χ0) is 14.0. The third kappa shape index (κ3) is 3.08. The van der Waals surface area contributed by atoms with Crippen LogP contribution in [-0.2, 0) is 11.3 Å².